The molecule has 1 amide bonds. The van der Waals surface area contributed by atoms with E-state index in [1.807, 2.05) is 25.1 Å². The van der Waals surface area contributed by atoms with E-state index in [9.17, 15) is 4.79 Å². The predicted octanol–water partition coefficient (Wildman–Crippen LogP) is 5.09. The van der Waals surface area contributed by atoms with Crippen molar-refractivity contribution in [3.05, 3.63) is 67.2 Å². The molecule has 20 heavy (non-hydrogen) atoms. The number of halogens is 3. The Kier molecular flexibility index (Phi) is 5.29. The summed E-state index contributed by atoms with van der Waals surface area (Å²) in [6, 6.07) is 12.6. The smallest absolute Gasteiger partial charge is 0.251 e. The quantitative estimate of drug-likeness (QED) is 0.689. The van der Waals surface area contributed by atoms with Crippen LogP contribution in [0.25, 0.3) is 0 Å². The van der Waals surface area contributed by atoms with E-state index in [2.05, 4.69) is 27.9 Å². The molecule has 0 bridgehead atoms. The van der Waals surface area contributed by atoms with Gasteiger partial charge in [0.25, 0.3) is 5.91 Å². The highest BCUT2D eigenvalue weighted by atomic mass is 127. The number of nitrogens with one attached hydrogen (secondary N) is 1. The molecule has 0 heterocycles. The maximum Gasteiger partial charge on any atom is 0.251 e. The van der Waals surface area contributed by atoms with Crippen LogP contribution in [0.2, 0.25) is 10.0 Å². The molecule has 104 valence electrons. The first-order valence-corrected chi connectivity index (χ1v) is 7.82. The van der Waals surface area contributed by atoms with Crippen molar-refractivity contribution in [1.82, 2.24) is 5.32 Å². The highest BCUT2D eigenvalue weighted by molar-refractivity contribution is 14.1. The second-order valence-corrected chi connectivity index (χ2v) is 6.44. The fourth-order valence-corrected chi connectivity index (χ4v) is 2.41. The van der Waals surface area contributed by atoms with E-state index in [0.717, 1.165) is 9.13 Å². The lowest BCUT2D eigenvalue weighted by molar-refractivity contribution is 0.0940. The van der Waals surface area contributed by atoms with Gasteiger partial charge in [0, 0.05) is 9.13 Å². The summed E-state index contributed by atoms with van der Waals surface area (Å²) < 4.78 is 1.09. The first-order valence-electron chi connectivity index (χ1n) is 5.99. The summed E-state index contributed by atoms with van der Waals surface area (Å²) in [5.41, 5.74) is 1.55. The van der Waals surface area contributed by atoms with Gasteiger partial charge in [-0.2, -0.15) is 0 Å². The third kappa shape index (κ3) is 3.87. The van der Waals surface area contributed by atoms with Crippen LogP contribution in [0.3, 0.4) is 0 Å². The molecule has 0 spiro atoms. The fourth-order valence-electron chi connectivity index (χ4n) is 1.75. The Hall–Kier alpha value is -0.780. The van der Waals surface area contributed by atoms with Crippen molar-refractivity contribution >= 4 is 51.7 Å². The second kappa shape index (κ2) is 6.78. The molecule has 0 saturated carbocycles. The van der Waals surface area contributed by atoms with Crippen LogP contribution in [-0.2, 0) is 0 Å². The van der Waals surface area contributed by atoms with Crippen LogP contribution in [-0.4, -0.2) is 5.91 Å². The molecule has 5 heteroatoms. The predicted molar refractivity (Wildman–Crippen MR) is 91.5 cm³/mol. The van der Waals surface area contributed by atoms with Gasteiger partial charge in [0.05, 0.1) is 16.1 Å². The Balaban J connectivity index is 2.10. The van der Waals surface area contributed by atoms with Gasteiger partial charge in [-0.3, -0.25) is 4.79 Å². The third-order valence-corrected chi connectivity index (χ3v) is 4.36. The Morgan fingerprint density at radius 1 is 1.10 bits per heavy atom. The van der Waals surface area contributed by atoms with E-state index in [1.54, 1.807) is 24.3 Å². The minimum Gasteiger partial charge on any atom is -0.346 e. The average molecular weight is 420 g/mol. The minimum absolute atomic E-state index is 0.111. The van der Waals surface area contributed by atoms with Gasteiger partial charge in [0.15, 0.2) is 0 Å². The van der Waals surface area contributed by atoms with Crippen molar-refractivity contribution in [2.24, 2.45) is 0 Å². The molecule has 2 rings (SSSR count). The maximum absolute atomic E-state index is 12.1. The van der Waals surface area contributed by atoms with E-state index in [0.29, 0.717) is 15.6 Å². The maximum atomic E-state index is 12.1. The van der Waals surface area contributed by atoms with Crippen molar-refractivity contribution in [3.8, 4) is 0 Å². The number of hydrogen-bond acceptors (Lipinski definition) is 1. The molecule has 0 fully saturated rings. The van der Waals surface area contributed by atoms with Crippen LogP contribution in [0.5, 0.6) is 0 Å². The van der Waals surface area contributed by atoms with Crippen LogP contribution in [0.1, 0.15) is 28.9 Å². The van der Waals surface area contributed by atoms with E-state index in [1.165, 1.54) is 0 Å². The second-order valence-electron chi connectivity index (χ2n) is 4.38. The number of rotatable bonds is 3. The van der Waals surface area contributed by atoms with Crippen LogP contribution < -0.4 is 5.32 Å². The number of carbonyl (C=O) groups is 1. The summed E-state index contributed by atoms with van der Waals surface area (Å²) in [6.45, 7) is 1.91. The molecule has 0 saturated heterocycles. The monoisotopic (exact) mass is 419 g/mol. The summed E-state index contributed by atoms with van der Waals surface area (Å²) >= 11 is 14.1. The summed E-state index contributed by atoms with van der Waals surface area (Å²) in [5, 5.41) is 3.93. The zero-order valence-corrected chi connectivity index (χ0v) is 14.3. The molecule has 1 N–H and O–H groups in total. The lowest BCUT2D eigenvalue weighted by Gasteiger charge is -2.15. The number of carbonyl (C=O) groups excluding carboxylic acids is 1. The van der Waals surface area contributed by atoms with Crippen molar-refractivity contribution in [2.45, 2.75) is 13.0 Å². The van der Waals surface area contributed by atoms with Crippen LogP contribution >= 0.6 is 45.8 Å². The summed E-state index contributed by atoms with van der Waals surface area (Å²) in [7, 11) is 0. The standard InChI is InChI=1S/C15H12Cl2INO/c1-9(11-4-7-13(16)14(17)8-11)19-15(20)10-2-5-12(18)6-3-10/h2-9H,1H3,(H,19,20). The number of hydrogen-bond donors (Lipinski definition) is 1. The number of benzene rings is 2. The lowest BCUT2D eigenvalue weighted by atomic mass is 10.1. The molecule has 2 aromatic rings. The summed E-state index contributed by atoms with van der Waals surface area (Å²) in [6.07, 6.45) is 0. The number of amides is 1. The SMILES string of the molecule is CC(NC(=O)c1ccc(I)cc1)c1ccc(Cl)c(Cl)c1. The molecule has 1 atom stereocenters. The lowest BCUT2D eigenvalue weighted by Crippen LogP contribution is -2.26. The van der Waals surface area contributed by atoms with E-state index >= 15 is 0 Å². The zero-order valence-electron chi connectivity index (χ0n) is 10.7. The molecular weight excluding hydrogens is 408 g/mol. The molecule has 0 aliphatic rings. The van der Waals surface area contributed by atoms with Crippen LogP contribution in [0.15, 0.2) is 42.5 Å². The van der Waals surface area contributed by atoms with E-state index < -0.39 is 0 Å². The molecule has 2 nitrogen and oxygen atoms in total. The van der Waals surface area contributed by atoms with Gasteiger partial charge in [0.2, 0.25) is 0 Å². The Bertz CT molecular complexity index is 628. The summed E-state index contributed by atoms with van der Waals surface area (Å²) in [4.78, 5) is 12.1. The normalized spacial score (nSPS) is 12.0. The molecular formula is C15H12Cl2INO. The van der Waals surface area contributed by atoms with E-state index in [4.69, 9.17) is 23.2 Å². The molecule has 0 aromatic heterocycles. The van der Waals surface area contributed by atoms with Gasteiger partial charge in [-0.25, -0.2) is 0 Å². The van der Waals surface area contributed by atoms with Gasteiger partial charge in [-0.1, -0.05) is 29.3 Å². The fraction of sp³-hybridized carbons (Fsp3) is 0.133. The van der Waals surface area contributed by atoms with Crippen molar-refractivity contribution in [3.63, 3.8) is 0 Å². The highest BCUT2D eigenvalue weighted by Gasteiger charge is 2.12. The van der Waals surface area contributed by atoms with Gasteiger partial charge >= 0.3 is 0 Å². The van der Waals surface area contributed by atoms with Crippen molar-refractivity contribution < 1.29 is 4.79 Å². The molecule has 0 aliphatic heterocycles. The van der Waals surface area contributed by atoms with Gasteiger partial charge in [-0.05, 0) is 71.5 Å². The van der Waals surface area contributed by atoms with Crippen LogP contribution in [0.4, 0.5) is 0 Å². The topological polar surface area (TPSA) is 29.1 Å². The minimum atomic E-state index is -0.142. The molecule has 0 aliphatic carbocycles. The Morgan fingerprint density at radius 2 is 1.75 bits per heavy atom. The molecule has 0 radical (unpaired) electrons. The largest absolute Gasteiger partial charge is 0.346 e. The first kappa shape index (κ1) is 15.6. The zero-order chi connectivity index (χ0) is 14.7. The van der Waals surface area contributed by atoms with Gasteiger partial charge in [0.1, 0.15) is 0 Å². The van der Waals surface area contributed by atoms with Gasteiger partial charge in [-0.15, -0.1) is 0 Å². The van der Waals surface area contributed by atoms with Crippen molar-refractivity contribution in [2.75, 3.05) is 0 Å². The average Bonchev–Trinajstić information content (AvgIpc) is 2.42. The Morgan fingerprint density at radius 3 is 2.35 bits per heavy atom. The Labute approximate surface area is 141 Å². The summed E-state index contributed by atoms with van der Waals surface area (Å²) in [5.74, 6) is -0.111. The third-order valence-electron chi connectivity index (χ3n) is 2.90. The highest BCUT2D eigenvalue weighted by Crippen LogP contribution is 2.25. The first-order chi connectivity index (χ1) is 9.47. The molecule has 2 aromatic carbocycles. The van der Waals surface area contributed by atoms with Gasteiger partial charge < -0.3 is 5.32 Å². The van der Waals surface area contributed by atoms with E-state index in [-0.39, 0.29) is 11.9 Å². The van der Waals surface area contributed by atoms with Crippen molar-refractivity contribution in [1.29, 1.82) is 0 Å². The molecule has 1 unspecified atom stereocenters. The van der Waals surface area contributed by atoms with Crippen LogP contribution in [0, 0.1) is 3.57 Å².